The van der Waals surface area contributed by atoms with Crippen molar-refractivity contribution in [2.24, 2.45) is 0 Å². The Labute approximate surface area is 174 Å². The highest BCUT2D eigenvalue weighted by atomic mass is 35.5. The molecule has 2 aromatic rings. The molecule has 1 N–H and O–H groups in total. The first-order valence-corrected chi connectivity index (χ1v) is 9.53. The van der Waals surface area contributed by atoms with Gasteiger partial charge in [-0.25, -0.2) is 19.7 Å². The van der Waals surface area contributed by atoms with E-state index in [4.69, 9.17) is 11.6 Å². The topological polar surface area (TPSA) is 91.3 Å². The second-order valence-electron chi connectivity index (χ2n) is 6.99. The molecule has 4 heterocycles. The monoisotopic (exact) mass is 440 g/mol. The summed E-state index contributed by atoms with van der Waals surface area (Å²) in [6.45, 7) is 1.29. The molecule has 2 amide bonds. The molecule has 0 spiro atoms. The summed E-state index contributed by atoms with van der Waals surface area (Å²) in [4.78, 5) is 40.6. The normalized spacial score (nSPS) is 17.7. The van der Waals surface area contributed by atoms with Crippen molar-refractivity contribution in [3.05, 3.63) is 35.4 Å². The van der Waals surface area contributed by atoms with Gasteiger partial charge in [-0.1, -0.05) is 11.6 Å². The molecule has 1 fully saturated rings. The van der Waals surface area contributed by atoms with Crippen LogP contribution in [0.2, 0.25) is 5.15 Å². The number of ketones is 1. The van der Waals surface area contributed by atoms with E-state index in [2.05, 4.69) is 20.3 Å². The average molecular weight is 441 g/mol. The molecule has 12 heteroatoms. The molecule has 0 unspecified atom stereocenters. The molecule has 2 bridgehead atoms. The molecule has 0 saturated carbocycles. The van der Waals surface area contributed by atoms with Crippen LogP contribution in [0, 0.1) is 0 Å². The number of urea groups is 1. The van der Waals surface area contributed by atoms with E-state index in [1.807, 2.05) is 4.90 Å². The van der Waals surface area contributed by atoms with Crippen molar-refractivity contribution >= 4 is 40.7 Å². The fourth-order valence-corrected chi connectivity index (χ4v) is 3.73. The molecule has 0 radical (unpaired) electrons. The number of anilines is 3. The van der Waals surface area contributed by atoms with Crippen LogP contribution >= 0.6 is 11.6 Å². The minimum Gasteiger partial charge on any atom is -0.366 e. The van der Waals surface area contributed by atoms with Crippen molar-refractivity contribution in [1.82, 2.24) is 15.0 Å². The highest BCUT2D eigenvalue weighted by Crippen LogP contribution is 2.39. The number of pyridine rings is 1. The minimum absolute atomic E-state index is 0.108. The van der Waals surface area contributed by atoms with Gasteiger partial charge in [-0.15, -0.1) is 0 Å². The fourth-order valence-electron chi connectivity index (χ4n) is 3.58. The van der Waals surface area contributed by atoms with Crippen molar-refractivity contribution in [2.75, 3.05) is 28.2 Å². The number of nitrogens with zero attached hydrogens (tertiary/aromatic N) is 5. The molecule has 2 aromatic heterocycles. The van der Waals surface area contributed by atoms with Crippen LogP contribution < -0.4 is 15.1 Å². The van der Waals surface area contributed by atoms with Gasteiger partial charge in [0.15, 0.2) is 11.6 Å². The third-order valence-corrected chi connectivity index (χ3v) is 5.17. The molecule has 1 saturated heterocycles. The van der Waals surface area contributed by atoms with Crippen molar-refractivity contribution in [1.29, 1.82) is 0 Å². The van der Waals surface area contributed by atoms with Crippen molar-refractivity contribution in [3.63, 3.8) is 0 Å². The van der Waals surface area contributed by atoms with Gasteiger partial charge in [0.2, 0.25) is 0 Å². The Bertz CT molecular complexity index is 1000. The summed E-state index contributed by atoms with van der Waals surface area (Å²) in [5, 5.41) is 2.78. The van der Waals surface area contributed by atoms with E-state index < -0.39 is 30.8 Å². The summed E-state index contributed by atoms with van der Waals surface area (Å²) in [7, 11) is 0. The predicted molar refractivity (Wildman–Crippen MR) is 103 cm³/mol. The number of amides is 2. The van der Waals surface area contributed by atoms with E-state index in [0.717, 1.165) is 0 Å². The molecule has 0 aromatic carbocycles. The second kappa shape index (κ2) is 7.71. The number of hydrogen-bond acceptors (Lipinski definition) is 6. The molecule has 1 atom stereocenters. The first kappa shape index (κ1) is 20.3. The summed E-state index contributed by atoms with van der Waals surface area (Å²) < 4.78 is 37.4. The summed E-state index contributed by atoms with van der Waals surface area (Å²) in [5.41, 5.74) is 0.537. The Morgan fingerprint density at radius 3 is 2.80 bits per heavy atom. The first-order valence-electron chi connectivity index (χ1n) is 9.15. The summed E-state index contributed by atoms with van der Waals surface area (Å²) >= 11 is 5.82. The largest absolute Gasteiger partial charge is 0.389 e. The molecule has 0 aliphatic carbocycles. The van der Waals surface area contributed by atoms with E-state index in [1.54, 1.807) is 6.07 Å². The van der Waals surface area contributed by atoms with Crippen LogP contribution in [-0.4, -0.2) is 52.1 Å². The van der Waals surface area contributed by atoms with Crippen molar-refractivity contribution in [3.8, 4) is 0 Å². The zero-order valence-corrected chi connectivity index (χ0v) is 16.2. The van der Waals surface area contributed by atoms with Crippen molar-refractivity contribution < 1.29 is 22.8 Å². The molecular formula is C18H16ClF3N6O2. The Kier molecular flexibility index (Phi) is 5.22. The molecule has 8 nitrogen and oxygen atoms in total. The molecule has 30 heavy (non-hydrogen) atoms. The number of halogens is 4. The fraction of sp³-hybridized carbons (Fsp3) is 0.389. The van der Waals surface area contributed by atoms with Gasteiger partial charge in [-0.2, -0.15) is 13.2 Å². The molecule has 2 aliphatic rings. The number of alkyl halides is 3. The Morgan fingerprint density at radius 1 is 1.27 bits per heavy atom. The average Bonchev–Trinajstić information content (AvgIpc) is 3.09. The third-order valence-electron chi connectivity index (χ3n) is 4.96. The maximum atomic E-state index is 13.0. The number of rotatable bonds is 4. The van der Waals surface area contributed by atoms with Gasteiger partial charge in [0.1, 0.15) is 23.0 Å². The van der Waals surface area contributed by atoms with Gasteiger partial charge in [0.25, 0.3) is 0 Å². The lowest BCUT2D eigenvalue weighted by Gasteiger charge is -2.35. The van der Waals surface area contributed by atoms with Gasteiger partial charge in [-0.3, -0.25) is 15.0 Å². The van der Waals surface area contributed by atoms with E-state index in [0.29, 0.717) is 25.2 Å². The van der Waals surface area contributed by atoms with E-state index in [-0.39, 0.29) is 28.5 Å². The molecule has 158 valence electrons. The van der Waals surface area contributed by atoms with Crippen molar-refractivity contribution in [2.45, 2.75) is 31.5 Å². The Balaban J connectivity index is 1.62. The number of aromatic nitrogens is 3. The summed E-state index contributed by atoms with van der Waals surface area (Å²) in [6, 6.07) is 3.69. The smallest absolute Gasteiger partial charge is 0.366 e. The number of fused-ring (bicyclic) bond motifs is 4. The van der Waals surface area contributed by atoms with Crippen LogP contribution in [0.1, 0.15) is 29.8 Å². The number of Topliss-reactive ketones (excluding diaryl/α,β-unsaturated/α-hetero) is 1. The lowest BCUT2D eigenvalue weighted by Crippen LogP contribution is -2.48. The number of carbonyl (C=O) groups is 2. The number of nitrogens with one attached hydrogen (secondary N) is 1. The Morgan fingerprint density at radius 2 is 2.07 bits per heavy atom. The van der Waals surface area contributed by atoms with Gasteiger partial charge in [0.05, 0.1) is 18.2 Å². The SMILES string of the molecule is O=C(CCC(F)(F)F)c1ccc2c(n1)N(C(=O)Nc1cc(Cl)ncn1)[C@H]1CCN2C1. The van der Waals surface area contributed by atoms with Gasteiger partial charge >= 0.3 is 12.2 Å². The van der Waals surface area contributed by atoms with Crippen LogP contribution in [-0.2, 0) is 0 Å². The van der Waals surface area contributed by atoms with Gasteiger partial charge < -0.3 is 4.90 Å². The highest BCUT2D eigenvalue weighted by molar-refractivity contribution is 6.29. The van der Waals surface area contributed by atoms with Crippen LogP contribution in [0.5, 0.6) is 0 Å². The lowest BCUT2D eigenvalue weighted by atomic mass is 10.1. The van der Waals surface area contributed by atoms with Crippen LogP contribution in [0.3, 0.4) is 0 Å². The predicted octanol–water partition coefficient (Wildman–Crippen LogP) is 3.68. The zero-order chi connectivity index (χ0) is 21.5. The Hall–Kier alpha value is -2.95. The van der Waals surface area contributed by atoms with Crippen LogP contribution in [0.15, 0.2) is 24.5 Å². The van der Waals surface area contributed by atoms with Gasteiger partial charge in [-0.05, 0) is 18.6 Å². The maximum absolute atomic E-state index is 13.0. The molecule has 4 rings (SSSR count). The number of hydrogen-bond donors (Lipinski definition) is 1. The lowest BCUT2D eigenvalue weighted by molar-refractivity contribution is -0.133. The summed E-state index contributed by atoms with van der Waals surface area (Å²) in [6.07, 6.45) is -4.47. The highest BCUT2D eigenvalue weighted by Gasteiger charge is 2.40. The van der Waals surface area contributed by atoms with E-state index >= 15 is 0 Å². The van der Waals surface area contributed by atoms with E-state index in [1.165, 1.54) is 23.4 Å². The molecule has 2 aliphatic heterocycles. The summed E-state index contributed by atoms with van der Waals surface area (Å²) in [5.74, 6) is -0.301. The minimum atomic E-state index is -4.43. The zero-order valence-electron chi connectivity index (χ0n) is 15.5. The third kappa shape index (κ3) is 4.16. The van der Waals surface area contributed by atoms with Crippen LogP contribution in [0.4, 0.5) is 35.3 Å². The number of carbonyl (C=O) groups excluding carboxylic acids is 2. The van der Waals surface area contributed by atoms with E-state index in [9.17, 15) is 22.8 Å². The van der Waals surface area contributed by atoms with Crippen LogP contribution in [0.25, 0.3) is 0 Å². The van der Waals surface area contributed by atoms with Gasteiger partial charge in [0, 0.05) is 25.6 Å². The first-order chi connectivity index (χ1) is 14.2. The second-order valence-corrected chi connectivity index (χ2v) is 7.38. The maximum Gasteiger partial charge on any atom is 0.389 e. The standard InChI is InChI=1S/C18H16ClF3N6O2/c19-14-7-15(24-9-23-14)26-17(30)28-10-4-6-27(8-10)12-2-1-11(25-16(12)28)13(29)3-5-18(20,21)22/h1-2,7,9-10H,3-6,8H2,(H,23,24,26,30)/t10-/m0/s1. The molecular weight excluding hydrogens is 425 g/mol. The quantitative estimate of drug-likeness (QED) is 0.576.